The fourth-order valence-corrected chi connectivity index (χ4v) is 1.27. The summed E-state index contributed by atoms with van der Waals surface area (Å²) < 4.78 is 25.0. The Kier molecular flexibility index (Phi) is 2.70. The van der Waals surface area contributed by atoms with Gasteiger partial charge in [-0.2, -0.15) is 8.42 Å². The number of nitrogens with two attached hydrogens (primary N) is 1. The van der Waals surface area contributed by atoms with Crippen molar-refractivity contribution in [1.82, 2.24) is 0 Å². The van der Waals surface area contributed by atoms with Gasteiger partial charge in [0.2, 0.25) is 0 Å². The van der Waals surface area contributed by atoms with E-state index in [0.717, 1.165) is 12.8 Å². The van der Waals surface area contributed by atoms with Crippen LogP contribution in [0.3, 0.4) is 0 Å². The lowest BCUT2D eigenvalue weighted by atomic mass is 10.4. The Hall–Kier alpha value is 0.160. The van der Waals surface area contributed by atoms with Crippen LogP contribution in [0.25, 0.3) is 0 Å². The summed E-state index contributed by atoms with van der Waals surface area (Å²) in [6.07, 6.45) is 1.56. The second kappa shape index (κ2) is 2.65. The molecule has 0 aliphatic heterocycles. The van der Waals surface area contributed by atoms with Crippen molar-refractivity contribution in [3.05, 3.63) is 0 Å². The Bertz CT molecular complexity index is 209. The third-order valence-corrected chi connectivity index (χ3v) is 1.91. The number of rotatable bonds is 2. The molecule has 0 aromatic heterocycles. The van der Waals surface area contributed by atoms with Gasteiger partial charge in [-0.3, -0.25) is 4.18 Å². The molecule has 0 atom stereocenters. The van der Waals surface area contributed by atoms with Gasteiger partial charge in [-0.1, -0.05) is 0 Å². The molecule has 4 nitrogen and oxygen atoms in total. The van der Waals surface area contributed by atoms with Gasteiger partial charge in [-0.25, -0.2) is 5.14 Å². The van der Waals surface area contributed by atoms with Crippen LogP contribution in [-0.4, -0.2) is 14.0 Å². The Morgan fingerprint density at radius 1 is 1.50 bits per heavy atom. The van der Waals surface area contributed by atoms with Gasteiger partial charge in [0.15, 0.2) is 0 Å². The van der Waals surface area contributed by atoms with Crippen LogP contribution < -0.4 is 5.14 Å². The Labute approximate surface area is 66.4 Å². The van der Waals surface area contributed by atoms with Crippen molar-refractivity contribution in [3.63, 3.8) is 0 Å². The van der Waals surface area contributed by atoms with Crippen LogP contribution in [0, 0.1) is 0 Å². The standard InChI is InChI=1S/C4H9NO3S.ClH/c1-4(2-3-4)8-9(5,6)7;/h2-3H2,1H3,(H2,5,6,7);1H. The zero-order chi connectivity index (χ0) is 7.12. The van der Waals surface area contributed by atoms with E-state index in [-0.39, 0.29) is 12.4 Å². The topological polar surface area (TPSA) is 69.4 Å². The molecule has 0 radical (unpaired) electrons. The highest BCUT2D eigenvalue weighted by Crippen LogP contribution is 2.39. The maximum atomic E-state index is 10.2. The molecule has 0 amide bonds. The molecule has 10 heavy (non-hydrogen) atoms. The van der Waals surface area contributed by atoms with Crippen molar-refractivity contribution in [2.24, 2.45) is 5.14 Å². The largest absolute Gasteiger partial charge is 0.333 e. The molecule has 1 saturated carbocycles. The maximum Gasteiger partial charge on any atom is 0.333 e. The summed E-state index contributed by atoms with van der Waals surface area (Å²) in [6.45, 7) is 1.72. The quantitative estimate of drug-likeness (QED) is 0.671. The summed E-state index contributed by atoms with van der Waals surface area (Å²) in [6, 6.07) is 0. The molecule has 0 bridgehead atoms. The van der Waals surface area contributed by atoms with E-state index >= 15 is 0 Å². The monoisotopic (exact) mass is 187 g/mol. The average molecular weight is 188 g/mol. The molecule has 0 aromatic carbocycles. The van der Waals surface area contributed by atoms with Gasteiger partial charge in [-0.05, 0) is 19.8 Å². The zero-order valence-electron chi connectivity index (χ0n) is 5.53. The number of halogens is 1. The first-order chi connectivity index (χ1) is 3.91. The smallest absolute Gasteiger partial charge is 0.252 e. The molecule has 1 rings (SSSR count). The molecular formula is C4H10ClNO3S. The summed E-state index contributed by atoms with van der Waals surface area (Å²) in [5.74, 6) is 0. The molecule has 0 aromatic rings. The van der Waals surface area contributed by atoms with Gasteiger partial charge in [0, 0.05) is 0 Å². The molecule has 1 aliphatic carbocycles. The van der Waals surface area contributed by atoms with E-state index in [1.54, 1.807) is 6.92 Å². The first kappa shape index (κ1) is 10.2. The van der Waals surface area contributed by atoms with Crippen LogP contribution in [-0.2, 0) is 14.5 Å². The highest BCUT2D eigenvalue weighted by atomic mass is 35.5. The van der Waals surface area contributed by atoms with E-state index in [2.05, 4.69) is 9.32 Å². The van der Waals surface area contributed by atoms with Gasteiger partial charge in [0.25, 0.3) is 0 Å². The van der Waals surface area contributed by atoms with Crippen molar-refractivity contribution in [1.29, 1.82) is 0 Å². The van der Waals surface area contributed by atoms with Crippen molar-refractivity contribution in [3.8, 4) is 0 Å². The van der Waals surface area contributed by atoms with Crippen LogP contribution >= 0.6 is 12.4 Å². The molecule has 2 N–H and O–H groups in total. The number of hydrogen-bond acceptors (Lipinski definition) is 3. The highest BCUT2D eigenvalue weighted by molar-refractivity contribution is 7.84. The van der Waals surface area contributed by atoms with Crippen molar-refractivity contribution in [2.45, 2.75) is 25.4 Å². The van der Waals surface area contributed by atoms with Crippen molar-refractivity contribution in [2.75, 3.05) is 0 Å². The van der Waals surface area contributed by atoms with Gasteiger partial charge in [0.1, 0.15) is 0 Å². The van der Waals surface area contributed by atoms with E-state index in [0.29, 0.717) is 0 Å². The minimum Gasteiger partial charge on any atom is -0.252 e. The Morgan fingerprint density at radius 3 is 2.00 bits per heavy atom. The fraction of sp³-hybridized carbons (Fsp3) is 1.00. The van der Waals surface area contributed by atoms with Gasteiger partial charge in [0.05, 0.1) is 5.60 Å². The first-order valence-corrected chi connectivity index (χ1v) is 4.12. The number of hydrogen-bond donors (Lipinski definition) is 1. The van der Waals surface area contributed by atoms with Crippen molar-refractivity contribution >= 4 is 22.7 Å². The predicted octanol–water partition coefficient (Wildman–Crippen LogP) is 0.181. The molecular weight excluding hydrogens is 178 g/mol. The van der Waals surface area contributed by atoms with E-state index in [1.165, 1.54) is 0 Å². The van der Waals surface area contributed by atoms with Crippen LogP contribution in [0.4, 0.5) is 0 Å². The molecule has 62 valence electrons. The second-order valence-electron chi connectivity index (χ2n) is 2.53. The molecule has 1 fully saturated rings. The van der Waals surface area contributed by atoms with Crippen molar-refractivity contribution < 1.29 is 12.6 Å². The SMILES string of the molecule is CC1(OS(N)(=O)=O)CC1.Cl. The van der Waals surface area contributed by atoms with Crippen LogP contribution in [0.5, 0.6) is 0 Å². The molecule has 1 aliphatic rings. The average Bonchev–Trinajstić information content (AvgIpc) is 2.12. The lowest BCUT2D eigenvalue weighted by Gasteiger charge is -2.04. The summed E-state index contributed by atoms with van der Waals surface area (Å²) in [4.78, 5) is 0. The molecule has 0 unspecified atom stereocenters. The lowest BCUT2D eigenvalue weighted by Crippen LogP contribution is -2.22. The maximum absolute atomic E-state index is 10.2. The normalized spacial score (nSPS) is 21.4. The summed E-state index contributed by atoms with van der Waals surface area (Å²) in [5.41, 5.74) is -0.479. The zero-order valence-corrected chi connectivity index (χ0v) is 7.17. The minimum atomic E-state index is -3.72. The van der Waals surface area contributed by atoms with Gasteiger partial charge < -0.3 is 0 Å². The third kappa shape index (κ3) is 3.36. The van der Waals surface area contributed by atoms with Crippen LogP contribution in [0.15, 0.2) is 0 Å². The van der Waals surface area contributed by atoms with Crippen LogP contribution in [0.1, 0.15) is 19.8 Å². The lowest BCUT2D eigenvalue weighted by molar-refractivity contribution is 0.209. The summed E-state index contributed by atoms with van der Waals surface area (Å²) >= 11 is 0. The predicted molar refractivity (Wildman–Crippen MR) is 39.1 cm³/mol. The third-order valence-electron chi connectivity index (χ3n) is 1.27. The second-order valence-corrected chi connectivity index (χ2v) is 3.68. The van der Waals surface area contributed by atoms with E-state index in [1.807, 2.05) is 0 Å². The fourth-order valence-electron chi connectivity index (χ4n) is 0.540. The molecule has 0 spiro atoms. The Balaban J connectivity index is 0.000000810. The molecule has 0 saturated heterocycles. The van der Waals surface area contributed by atoms with Gasteiger partial charge >= 0.3 is 10.3 Å². The summed E-state index contributed by atoms with van der Waals surface area (Å²) in [7, 11) is -3.72. The molecule has 0 heterocycles. The highest BCUT2D eigenvalue weighted by Gasteiger charge is 2.42. The van der Waals surface area contributed by atoms with Gasteiger partial charge in [-0.15, -0.1) is 12.4 Å². The molecule has 6 heteroatoms. The Morgan fingerprint density at radius 2 is 1.90 bits per heavy atom. The van der Waals surface area contributed by atoms with E-state index < -0.39 is 15.9 Å². The summed E-state index contributed by atoms with van der Waals surface area (Å²) in [5, 5.41) is 4.61. The van der Waals surface area contributed by atoms with E-state index in [9.17, 15) is 8.42 Å². The first-order valence-electron chi connectivity index (χ1n) is 2.65. The minimum absolute atomic E-state index is 0. The van der Waals surface area contributed by atoms with E-state index in [4.69, 9.17) is 0 Å². The van der Waals surface area contributed by atoms with Crippen LogP contribution in [0.2, 0.25) is 0 Å².